The van der Waals surface area contributed by atoms with Crippen molar-refractivity contribution in [1.82, 2.24) is 0 Å². The zero-order valence-electron chi connectivity index (χ0n) is 6.50. The third-order valence-corrected chi connectivity index (χ3v) is 1.47. The van der Waals surface area contributed by atoms with Gasteiger partial charge in [-0.05, 0) is 12.2 Å². The molecule has 0 heterocycles. The number of alkyl halides is 1. The van der Waals surface area contributed by atoms with E-state index in [4.69, 9.17) is 4.74 Å². The van der Waals surface area contributed by atoms with E-state index < -0.39 is 5.85 Å². The molecule has 1 aliphatic carbocycles. The van der Waals surface area contributed by atoms with Crippen molar-refractivity contribution in [2.24, 2.45) is 0 Å². The van der Waals surface area contributed by atoms with Gasteiger partial charge in [0.1, 0.15) is 5.76 Å². The van der Waals surface area contributed by atoms with Gasteiger partial charge < -0.3 is 9.47 Å². The Morgan fingerprint density at radius 3 is 2.73 bits per heavy atom. The molecule has 0 saturated carbocycles. The summed E-state index contributed by atoms with van der Waals surface area (Å²) in [6.07, 6.45) is 5.81. The predicted octanol–water partition coefficient (Wildman–Crippen LogP) is 1.60. The van der Waals surface area contributed by atoms with E-state index in [1.165, 1.54) is 26.7 Å². The highest BCUT2D eigenvalue weighted by Crippen LogP contribution is 2.26. The summed E-state index contributed by atoms with van der Waals surface area (Å²) in [6, 6.07) is 0. The number of ether oxygens (including phenoxy) is 2. The molecule has 0 bridgehead atoms. The van der Waals surface area contributed by atoms with Gasteiger partial charge in [0.05, 0.1) is 13.5 Å². The molecule has 1 unspecified atom stereocenters. The Bertz CT molecular complexity index is 198. The highest BCUT2D eigenvalue weighted by atomic mass is 19.2. The lowest BCUT2D eigenvalue weighted by atomic mass is 10.1. The van der Waals surface area contributed by atoms with E-state index in [0.717, 1.165) is 0 Å². The van der Waals surface area contributed by atoms with Crippen molar-refractivity contribution in [3.8, 4) is 0 Å². The molecule has 11 heavy (non-hydrogen) atoms. The summed E-state index contributed by atoms with van der Waals surface area (Å²) < 4.78 is 22.7. The van der Waals surface area contributed by atoms with Crippen LogP contribution in [0.1, 0.15) is 0 Å². The summed E-state index contributed by atoms with van der Waals surface area (Å²) in [7, 11) is 2.79. The number of halogens is 1. The largest absolute Gasteiger partial charge is 0.501 e. The van der Waals surface area contributed by atoms with Gasteiger partial charge >= 0.3 is 0 Å². The molecule has 2 nitrogen and oxygen atoms in total. The quantitative estimate of drug-likeness (QED) is 0.606. The van der Waals surface area contributed by atoms with Crippen molar-refractivity contribution >= 4 is 0 Å². The maximum absolute atomic E-state index is 13.3. The summed E-state index contributed by atoms with van der Waals surface area (Å²) >= 11 is 0. The van der Waals surface area contributed by atoms with Crippen LogP contribution in [0, 0.1) is 6.42 Å². The van der Waals surface area contributed by atoms with Crippen molar-refractivity contribution in [1.29, 1.82) is 0 Å². The zero-order valence-corrected chi connectivity index (χ0v) is 6.50. The molecule has 0 aliphatic heterocycles. The Morgan fingerprint density at radius 1 is 1.45 bits per heavy atom. The minimum Gasteiger partial charge on any atom is -0.501 e. The van der Waals surface area contributed by atoms with Gasteiger partial charge in [0.25, 0.3) is 0 Å². The first-order chi connectivity index (χ1) is 5.20. The first-order valence-corrected chi connectivity index (χ1v) is 3.24. The average molecular weight is 157 g/mol. The second-order valence-electron chi connectivity index (χ2n) is 2.18. The van der Waals surface area contributed by atoms with E-state index >= 15 is 0 Å². The van der Waals surface area contributed by atoms with Crippen molar-refractivity contribution in [3.05, 3.63) is 30.4 Å². The van der Waals surface area contributed by atoms with E-state index in [1.54, 1.807) is 12.2 Å². The van der Waals surface area contributed by atoms with E-state index in [-0.39, 0.29) is 0 Å². The van der Waals surface area contributed by atoms with Crippen molar-refractivity contribution in [2.75, 3.05) is 14.2 Å². The zero-order chi connectivity index (χ0) is 8.32. The van der Waals surface area contributed by atoms with Crippen LogP contribution in [0.25, 0.3) is 0 Å². The van der Waals surface area contributed by atoms with Gasteiger partial charge in [-0.25, -0.2) is 4.39 Å². The van der Waals surface area contributed by atoms with E-state index in [1.807, 2.05) is 0 Å². The van der Waals surface area contributed by atoms with Gasteiger partial charge in [-0.15, -0.1) is 0 Å². The fourth-order valence-electron chi connectivity index (χ4n) is 0.818. The SMILES string of the molecule is COC1=CC=CC(F)(OC)[CH]1. The third-order valence-electron chi connectivity index (χ3n) is 1.47. The molecule has 0 aromatic rings. The lowest BCUT2D eigenvalue weighted by molar-refractivity contribution is -0.0537. The normalized spacial score (nSPS) is 29.9. The monoisotopic (exact) mass is 157 g/mol. The number of rotatable bonds is 2. The van der Waals surface area contributed by atoms with Crippen LogP contribution in [0.2, 0.25) is 0 Å². The minimum atomic E-state index is -1.81. The molecule has 0 fully saturated rings. The molecular weight excluding hydrogens is 147 g/mol. The van der Waals surface area contributed by atoms with Crippen LogP contribution in [0.3, 0.4) is 0 Å². The fourth-order valence-corrected chi connectivity index (χ4v) is 0.818. The van der Waals surface area contributed by atoms with E-state index in [9.17, 15) is 4.39 Å². The molecule has 61 valence electrons. The lowest BCUT2D eigenvalue weighted by Crippen LogP contribution is -2.25. The lowest BCUT2D eigenvalue weighted by Gasteiger charge is -2.22. The second-order valence-corrected chi connectivity index (χ2v) is 2.18. The smallest absolute Gasteiger partial charge is 0.239 e. The summed E-state index contributed by atoms with van der Waals surface area (Å²) in [4.78, 5) is 0. The molecule has 0 saturated heterocycles. The Kier molecular flexibility index (Phi) is 2.29. The molecule has 0 amide bonds. The van der Waals surface area contributed by atoms with Gasteiger partial charge in [-0.3, -0.25) is 0 Å². The molecular formula is C8H10FO2. The Balaban J connectivity index is 2.68. The van der Waals surface area contributed by atoms with Crippen LogP contribution in [-0.2, 0) is 9.47 Å². The van der Waals surface area contributed by atoms with Crippen molar-refractivity contribution < 1.29 is 13.9 Å². The molecule has 0 aromatic carbocycles. The van der Waals surface area contributed by atoms with Gasteiger partial charge in [-0.2, -0.15) is 0 Å². The molecule has 1 rings (SSSR count). The van der Waals surface area contributed by atoms with Gasteiger partial charge in [-0.1, -0.05) is 6.08 Å². The highest BCUT2D eigenvalue weighted by molar-refractivity contribution is 5.28. The summed E-state index contributed by atoms with van der Waals surface area (Å²) in [6.45, 7) is 0. The second kappa shape index (κ2) is 3.05. The van der Waals surface area contributed by atoms with Crippen LogP contribution in [0.4, 0.5) is 4.39 Å². The maximum atomic E-state index is 13.3. The number of hydrogen-bond acceptors (Lipinski definition) is 2. The Morgan fingerprint density at radius 2 is 2.18 bits per heavy atom. The van der Waals surface area contributed by atoms with Crippen molar-refractivity contribution in [3.63, 3.8) is 0 Å². The highest BCUT2D eigenvalue weighted by Gasteiger charge is 2.30. The standard InChI is InChI=1S/C8H10FO2/c1-10-7-4-3-5-8(9,6-7)11-2/h3-6H,1-2H3. The first kappa shape index (κ1) is 8.27. The number of allylic oxidation sites excluding steroid dienone is 2. The summed E-state index contributed by atoms with van der Waals surface area (Å²) in [5, 5.41) is 0. The molecule has 1 radical (unpaired) electrons. The summed E-state index contributed by atoms with van der Waals surface area (Å²) in [5.74, 6) is -1.34. The summed E-state index contributed by atoms with van der Waals surface area (Å²) in [5.41, 5.74) is 0. The number of hydrogen-bond donors (Lipinski definition) is 0. The molecule has 0 spiro atoms. The van der Waals surface area contributed by atoms with Gasteiger partial charge in [0.15, 0.2) is 0 Å². The van der Waals surface area contributed by atoms with Crippen LogP contribution in [0.5, 0.6) is 0 Å². The molecule has 1 aliphatic rings. The van der Waals surface area contributed by atoms with Gasteiger partial charge in [0.2, 0.25) is 5.85 Å². The molecule has 3 heteroatoms. The molecule has 0 aromatic heterocycles. The van der Waals surface area contributed by atoms with E-state index in [0.29, 0.717) is 5.76 Å². The van der Waals surface area contributed by atoms with Crippen LogP contribution in [0.15, 0.2) is 24.0 Å². The van der Waals surface area contributed by atoms with E-state index in [2.05, 4.69) is 4.74 Å². The maximum Gasteiger partial charge on any atom is 0.239 e. The molecule has 0 N–H and O–H groups in total. The topological polar surface area (TPSA) is 18.5 Å². The Labute approximate surface area is 65.3 Å². The average Bonchev–Trinajstić information content (AvgIpc) is 2.05. The Hall–Kier alpha value is -0.830. The predicted molar refractivity (Wildman–Crippen MR) is 39.4 cm³/mol. The van der Waals surface area contributed by atoms with Crippen LogP contribution in [-0.4, -0.2) is 20.1 Å². The third kappa shape index (κ3) is 1.80. The minimum absolute atomic E-state index is 0.469. The number of methoxy groups -OCH3 is 2. The fraction of sp³-hybridized carbons (Fsp3) is 0.375. The van der Waals surface area contributed by atoms with Gasteiger partial charge in [0, 0.05) is 7.11 Å². The first-order valence-electron chi connectivity index (χ1n) is 3.24. The molecule has 1 atom stereocenters. The van der Waals surface area contributed by atoms with Crippen LogP contribution >= 0.6 is 0 Å². The van der Waals surface area contributed by atoms with Crippen molar-refractivity contribution in [2.45, 2.75) is 5.85 Å². The van der Waals surface area contributed by atoms with Crippen LogP contribution < -0.4 is 0 Å².